The number of nitrogens with zero attached hydrogens (tertiary/aromatic N) is 2. The second-order valence-electron chi connectivity index (χ2n) is 11.8. The number of fused-ring (bicyclic) bond motifs is 1. The van der Waals surface area contributed by atoms with E-state index in [4.69, 9.17) is 14.2 Å². The first-order valence-electron chi connectivity index (χ1n) is 15.4. The number of anilines is 1. The molecule has 1 fully saturated rings. The van der Waals surface area contributed by atoms with Crippen LogP contribution < -0.4 is 20.7 Å². The predicted octanol–water partition coefficient (Wildman–Crippen LogP) is 0.979. The summed E-state index contributed by atoms with van der Waals surface area (Å²) in [5, 5.41) is 8.44. The number of aldehydes is 1. The number of nitrogens with one attached hydrogen (secondary N) is 4. The van der Waals surface area contributed by atoms with Crippen molar-refractivity contribution >= 4 is 47.0 Å². The zero-order valence-electron chi connectivity index (χ0n) is 26.9. The molecule has 2 heterocycles. The van der Waals surface area contributed by atoms with Crippen LogP contribution in [0, 0.1) is 0 Å². The van der Waals surface area contributed by atoms with Gasteiger partial charge in [0.25, 0.3) is 11.8 Å². The van der Waals surface area contributed by atoms with Crippen molar-refractivity contribution in [1.29, 1.82) is 0 Å². The Kier molecular flexibility index (Phi) is 14.5. The number of benzene rings is 1. The quantitative estimate of drug-likeness (QED) is 0.100. The molecular weight excluding hydrogens is 620 g/mol. The van der Waals surface area contributed by atoms with E-state index in [-0.39, 0.29) is 35.9 Å². The number of rotatable bonds is 18. The maximum absolute atomic E-state index is 13.1. The van der Waals surface area contributed by atoms with Gasteiger partial charge in [-0.2, -0.15) is 0 Å². The van der Waals surface area contributed by atoms with E-state index in [0.29, 0.717) is 77.4 Å². The molecule has 4 N–H and O–H groups in total. The summed E-state index contributed by atoms with van der Waals surface area (Å²) in [6.07, 6.45) is 1.47. The van der Waals surface area contributed by atoms with Crippen molar-refractivity contribution in [3.05, 3.63) is 29.3 Å². The van der Waals surface area contributed by atoms with Crippen molar-refractivity contribution in [3.63, 3.8) is 0 Å². The third kappa shape index (κ3) is 11.1. The topological polar surface area (TPSA) is 185 Å². The minimum Gasteiger partial charge on any atom is -0.444 e. The Morgan fingerprint density at radius 3 is 2.35 bits per heavy atom. The Bertz CT molecular complexity index is 1250. The predicted molar refractivity (Wildman–Crippen MR) is 170 cm³/mol. The lowest BCUT2D eigenvalue weighted by atomic mass is 10.1. The van der Waals surface area contributed by atoms with E-state index in [1.165, 1.54) is 13.1 Å². The summed E-state index contributed by atoms with van der Waals surface area (Å²) in [6.45, 7) is 8.67. The minimum atomic E-state index is -1.36. The van der Waals surface area contributed by atoms with Crippen LogP contribution in [0.3, 0.4) is 0 Å². The Balaban J connectivity index is 1.27. The van der Waals surface area contributed by atoms with Crippen molar-refractivity contribution < 1.29 is 42.4 Å². The first-order chi connectivity index (χ1) is 21.9. The van der Waals surface area contributed by atoms with Crippen molar-refractivity contribution in [2.75, 3.05) is 65.0 Å². The molecule has 4 amide bonds. The van der Waals surface area contributed by atoms with Gasteiger partial charge in [-0.25, -0.2) is 18.0 Å². The highest BCUT2D eigenvalue weighted by Crippen LogP contribution is 2.31. The molecule has 46 heavy (non-hydrogen) atoms. The number of carbonyl (C=O) groups is 5. The van der Waals surface area contributed by atoms with Crippen molar-refractivity contribution in [3.8, 4) is 0 Å². The van der Waals surface area contributed by atoms with Crippen LogP contribution in [-0.4, -0.2) is 121 Å². The molecule has 2 aliphatic heterocycles. The molecule has 0 spiro atoms. The standard InChI is InChI=1S/C30H46N6O9S/c1-30(2,3)45-29(41)34-21-10-14-35(15-11-21)46(42)33-13-17-44-19-18-43-16-12-32-24-7-5-6-23-26(24)28(40)36(27(23)39)22(20-37)8-9-25(38)31-4/h5-7,20-22,32-33H,8-19H2,1-4H3,(H,31,38)(H,34,41). The monoisotopic (exact) mass is 666 g/mol. The van der Waals surface area contributed by atoms with E-state index >= 15 is 0 Å². The van der Waals surface area contributed by atoms with Gasteiger partial charge >= 0.3 is 6.09 Å². The van der Waals surface area contributed by atoms with E-state index in [2.05, 4.69) is 20.7 Å². The van der Waals surface area contributed by atoms with Crippen molar-refractivity contribution in [1.82, 2.24) is 24.6 Å². The number of carbonyl (C=O) groups excluding carboxylic acids is 5. The summed E-state index contributed by atoms with van der Waals surface area (Å²) in [6, 6.07) is 3.81. The molecule has 15 nitrogen and oxygen atoms in total. The number of alkyl carbamates (subject to hydrolysis) is 1. The second kappa shape index (κ2) is 18.0. The normalized spacial score (nSPS) is 16.9. The van der Waals surface area contributed by atoms with Gasteiger partial charge in [-0.05, 0) is 52.2 Å². The average molecular weight is 667 g/mol. The van der Waals surface area contributed by atoms with Gasteiger partial charge in [0.05, 0.1) is 43.6 Å². The van der Waals surface area contributed by atoms with Gasteiger partial charge < -0.3 is 35.0 Å². The maximum Gasteiger partial charge on any atom is 0.407 e. The van der Waals surface area contributed by atoms with Crippen LogP contribution in [0.4, 0.5) is 10.5 Å². The van der Waals surface area contributed by atoms with Gasteiger partial charge in [0.2, 0.25) is 5.91 Å². The molecule has 256 valence electrons. The minimum absolute atomic E-state index is 0.00640. The van der Waals surface area contributed by atoms with Crippen LogP contribution in [-0.2, 0) is 35.0 Å². The zero-order chi connectivity index (χ0) is 33.7. The third-order valence-electron chi connectivity index (χ3n) is 7.20. The fraction of sp³-hybridized carbons (Fsp3) is 0.633. The number of ether oxygens (including phenoxy) is 3. The molecule has 1 saturated heterocycles. The Labute approximate surface area is 272 Å². The van der Waals surface area contributed by atoms with Crippen LogP contribution in [0.1, 0.15) is 67.2 Å². The van der Waals surface area contributed by atoms with Gasteiger partial charge in [0.15, 0.2) is 11.2 Å². The second-order valence-corrected chi connectivity index (χ2v) is 13.1. The van der Waals surface area contributed by atoms with Crippen LogP contribution in [0.2, 0.25) is 0 Å². The zero-order valence-corrected chi connectivity index (χ0v) is 27.7. The molecule has 0 aliphatic carbocycles. The average Bonchev–Trinajstić information content (AvgIpc) is 3.27. The first-order valence-corrected chi connectivity index (χ1v) is 16.5. The largest absolute Gasteiger partial charge is 0.444 e. The summed E-state index contributed by atoms with van der Waals surface area (Å²) in [5.74, 6) is -1.44. The SMILES string of the molecule is CNC(=O)CCC(C=O)N1C(=O)c2cccc(NCCOCCOCCNS(=O)N3CCC(NC(=O)OC(C)(C)C)CC3)c2C1=O. The molecule has 2 aliphatic rings. The lowest BCUT2D eigenvalue weighted by Gasteiger charge is -2.31. The van der Waals surface area contributed by atoms with Gasteiger partial charge in [0, 0.05) is 51.4 Å². The van der Waals surface area contributed by atoms with Crippen LogP contribution >= 0.6 is 0 Å². The highest BCUT2D eigenvalue weighted by Gasteiger charge is 2.41. The molecule has 16 heteroatoms. The lowest BCUT2D eigenvalue weighted by molar-refractivity contribution is -0.121. The van der Waals surface area contributed by atoms with E-state index in [9.17, 15) is 28.2 Å². The highest BCUT2D eigenvalue weighted by molar-refractivity contribution is 7.80. The molecule has 2 unspecified atom stereocenters. The fourth-order valence-electron chi connectivity index (χ4n) is 4.93. The fourth-order valence-corrected chi connectivity index (χ4v) is 5.91. The number of piperidine rings is 1. The molecule has 2 atom stereocenters. The first kappa shape index (κ1) is 37.0. The number of amides is 4. The van der Waals surface area contributed by atoms with Crippen LogP contribution in [0.5, 0.6) is 0 Å². The molecule has 0 aromatic heterocycles. The van der Waals surface area contributed by atoms with Crippen molar-refractivity contribution in [2.45, 2.75) is 64.1 Å². The molecule has 1 aromatic carbocycles. The Hall–Kier alpha value is -3.44. The van der Waals surface area contributed by atoms with E-state index < -0.39 is 40.7 Å². The summed E-state index contributed by atoms with van der Waals surface area (Å²) in [4.78, 5) is 62.2. The van der Waals surface area contributed by atoms with Crippen LogP contribution in [0.25, 0.3) is 0 Å². The summed E-state index contributed by atoms with van der Waals surface area (Å²) in [7, 11) is 1.47. The molecule has 0 bridgehead atoms. The summed E-state index contributed by atoms with van der Waals surface area (Å²) < 4.78 is 33.7. The number of hydrogen-bond acceptors (Lipinski definition) is 10. The van der Waals surface area contributed by atoms with Crippen molar-refractivity contribution in [2.24, 2.45) is 0 Å². The van der Waals surface area contributed by atoms with Gasteiger partial charge in [-0.1, -0.05) is 6.07 Å². The molecule has 0 radical (unpaired) electrons. The van der Waals surface area contributed by atoms with E-state index in [0.717, 1.165) is 4.90 Å². The molecule has 1 aromatic rings. The smallest absolute Gasteiger partial charge is 0.407 e. The third-order valence-corrected chi connectivity index (χ3v) is 8.48. The Morgan fingerprint density at radius 2 is 1.72 bits per heavy atom. The van der Waals surface area contributed by atoms with Gasteiger partial charge in [-0.3, -0.25) is 19.3 Å². The van der Waals surface area contributed by atoms with E-state index in [1.54, 1.807) is 12.1 Å². The van der Waals surface area contributed by atoms with Crippen LogP contribution in [0.15, 0.2) is 18.2 Å². The molecular formula is C30H46N6O9S. The summed E-state index contributed by atoms with van der Waals surface area (Å²) >= 11 is -1.36. The van der Waals surface area contributed by atoms with Gasteiger partial charge in [0.1, 0.15) is 11.9 Å². The Morgan fingerprint density at radius 1 is 1.04 bits per heavy atom. The summed E-state index contributed by atoms with van der Waals surface area (Å²) in [5.41, 5.74) is 0.290. The maximum atomic E-state index is 13.1. The highest BCUT2D eigenvalue weighted by atomic mass is 32.2. The molecule has 3 rings (SSSR count). The van der Waals surface area contributed by atoms with E-state index in [1.807, 2.05) is 25.1 Å². The lowest BCUT2D eigenvalue weighted by Crippen LogP contribution is -2.48. The number of imide groups is 1. The molecule has 0 saturated carbocycles. The number of hydrogen-bond donors (Lipinski definition) is 4. The van der Waals surface area contributed by atoms with Gasteiger partial charge in [-0.15, -0.1) is 0 Å².